The highest BCUT2D eigenvalue weighted by molar-refractivity contribution is 6.91. The fourth-order valence-corrected chi connectivity index (χ4v) is 7.93. The molecule has 120 valence electrons. The summed E-state index contributed by atoms with van der Waals surface area (Å²) in [6.45, 7) is 5.32. The minimum absolute atomic E-state index is 0.0227. The maximum Gasteiger partial charge on any atom is 0.125 e. The van der Waals surface area contributed by atoms with Gasteiger partial charge in [-0.05, 0) is 24.3 Å². The van der Waals surface area contributed by atoms with E-state index in [1.807, 2.05) is 0 Å². The third-order valence-electron chi connectivity index (χ3n) is 5.45. The predicted octanol–water partition coefficient (Wildman–Crippen LogP) is 2.61. The fourth-order valence-electron chi connectivity index (χ4n) is 4.15. The molecule has 0 aromatic heterocycles. The molecule has 0 bridgehead atoms. The van der Waals surface area contributed by atoms with Crippen LogP contribution in [0.25, 0.3) is 0 Å². The van der Waals surface area contributed by atoms with Crippen molar-refractivity contribution < 1.29 is 14.3 Å². The van der Waals surface area contributed by atoms with Gasteiger partial charge >= 0.3 is 0 Å². The fraction of sp³-hybridized carbons (Fsp3) is 0.611. The number of benzene rings is 1. The molecule has 0 N–H and O–H groups in total. The van der Waals surface area contributed by atoms with E-state index in [1.54, 1.807) is 7.11 Å². The van der Waals surface area contributed by atoms with Crippen LogP contribution in [0.5, 0.6) is 0 Å². The molecule has 1 aromatic carbocycles. The van der Waals surface area contributed by atoms with Crippen molar-refractivity contribution in [1.29, 1.82) is 0 Å². The molecule has 22 heavy (non-hydrogen) atoms. The van der Waals surface area contributed by atoms with Gasteiger partial charge in [-0.25, -0.2) is 0 Å². The van der Waals surface area contributed by atoms with E-state index in [2.05, 4.69) is 43.4 Å². The zero-order valence-electron chi connectivity index (χ0n) is 13.7. The van der Waals surface area contributed by atoms with Crippen LogP contribution in [0.4, 0.5) is 0 Å². The van der Waals surface area contributed by atoms with E-state index >= 15 is 0 Å². The Labute approximate surface area is 134 Å². The molecule has 1 aromatic rings. The largest absolute Gasteiger partial charge is 0.382 e. The lowest BCUT2D eigenvalue weighted by Crippen LogP contribution is -2.51. The maximum atomic E-state index is 11.9. The third kappa shape index (κ3) is 2.80. The molecule has 4 heteroatoms. The second-order valence-corrected chi connectivity index (χ2v) is 11.9. The van der Waals surface area contributed by atoms with Crippen LogP contribution in [0, 0.1) is 11.8 Å². The van der Waals surface area contributed by atoms with Crippen molar-refractivity contribution >= 4 is 19.5 Å². The molecular formula is C18H26O3Si. The van der Waals surface area contributed by atoms with Crippen LogP contribution in [-0.4, -0.2) is 40.3 Å². The summed E-state index contributed by atoms with van der Waals surface area (Å²) in [5, 5.41) is 1.40. The maximum absolute atomic E-state index is 11.9. The minimum atomic E-state index is -1.83. The molecule has 0 unspecified atom stereocenters. The zero-order chi connectivity index (χ0) is 15.7. The number of carbonyl (C=O) groups excluding carboxylic acids is 1. The Balaban J connectivity index is 1.94. The number of hydrogen-bond acceptors (Lipinski definition) is 3. The van der Waals surface area contributed by atoms with Gasteiger partial charge in [0.05, 0.1) is 26.9 Å². The van der Waals surface area contributed by atoms with E-state index in [0.717, 1.165) is 0 Å². The molecular weight excluding hydrogens is 292 g/mol. The van der Waals surface area contributed by atoms with Crippen molar-refractivity contribution in [2.24, 2.45) is 11.8 Å². The first-order chi connectivity index (χ1) is 10.6. The van der Waals surface area contributed by atoms with Gasteiger partial charge in [0.25, 0.3) is 0 Å². The van der Waals surface area contributed by atoms with Crippen molar-refractivity contribution in [1.82, 2.24) is 0 Å². The number of ether oxygens (including phenoxy) is 2. The smallest absolute Gasteiger partial charge is 0.125 e. The lowest BCUT2D eigenvalue weighted by Gasteiger charge is -2.35. The number of aldehydes is 1. The Morgan fingerprint density at radius 1 is 1.27 bits per heavy atom. The van der Waals surface area contributed by atoms with Crippen LogP contribution < -0.4 is 5.19 Å². The van der Waals surface area contributed by atoms with E-state index in [4.69, 9.17) is 9.47 Å². The van der Waals surface area contributed by atoms with Gasteiger partial charge < -0.3 is 14.3 Å². The molecule has 1 aliphatic carbocycles. The molecule has 0 spiro atoms. The van der Waals surface area contributed by atoms with E-state index in [0.29, 0.717) is 12.5 Å². The average Bonchev–Trinajstić information content (AvgIpc) is 3.30. The molecule has 2 aliphatic rings. The monoisotopic (exact) mass is 318 g/mol. The molecule has 1 saturated carbocycles. The Kier molecular flexibility index (Phi) is 4.53. The molecule has 0 amide bonds. The second-order valence-electron chi connectivity index (χ2n) is 7.26. The lowest BCUT2D eigenvalue weighted by atomic mass is 9.97. The lowest BCUT2D eigenvalue weighted by molar-refractivity contribution is -0.113. The molecule has 1 saturated heterocycles. The Morgan fingerprint density at radius 3 is 2.50 bits per heavy atom. The van der Waals surface area contributed by atoms with Crippen LogP contribution in [0.15, 0.2) is 30.3 Å². The van der Waals surface area contributed by atoms with Crippen molar-refractivity contribution in [2.45, 2.75) is 43.7 Å². The predicted molar refractivity (Wildman–Crippen MR) is 90.1 cm³/mol. The van der Waals surface area contributed by atoms with Gasteiger partial charge in [0, 0.05) is 13.0 Å². The average molecular weight is 318 g/mol. The van der Waals surface area contributed by atoms with E-state index < -0.39 is 8.07 Å². The van der Waals surface area contributed by atoms with Crippen LogP contribution in [0.2, 0.25) is 18.6 Å². The first-order valence-electron chi connectivity index (χ1n) is 8.24. The topological polar surface area (TPSA) is 35.5 Å². The summed E-state index contributed by atoms with van der Waals surface area (Å²) >= 11 is 0. The highest BCUT2D eigenvalue weighted by Crippen LogP contribution is 2.50. The second kappa shape index (κ2) is 6.26. The van der Waals surface area contributed by atoms with E-state index in [9.17, 15) is 4.79 Å². The summed E-state index contributed by atoms with van der Waals surface area (Å²) in [6.07, 6.45) is 3.73. The highest BCUT2D eigenvalue weighted by atomic mass is 28.3. The van der Waals surface area contributed by atoms with Crippen molar-refractivity contribution in [3.05, 3.63) is 30.3 Å². The van der Waals surface area contributed by atoms with Crippen molar-refractivity contribution in [2.75, 3.05) is 13.7 Å². The summed E-state index contributed by atoms with van der Waals surface area (Å²) in [7, 11) is -0.107. The molecule has 3 rings (SSSR count). The van der Waals surface area contributed by atoms with Gasteiger partial charge in [-0.15, -0.1) is 0 Å². The van der Waals surface area contributed by atoms with Crippen LogP contribution in [0.3, 0.4) is 0 Å². The van der Waals surface area contributed by atoms with Crippen LogP contribution in [-0.2, 0) is 14.3 Å². The van der Waals surface area contributed by atoms with Gasteiger partial charge in [-0.3, -0.25) is 0 Å². The number of carbonyl (C=O) groups is 1. The first kappa shape index (κ1) is 15.9. The first-order valence-corrected chi connectivity index (χ1v) is 11.3. The third-order valence-corrected chi connectivity index (χ3v) is 9.70. The standard InChI is InChI=1S/C18H26O3Si/c1-20-12-16-18(15(11-19)17(21-16)13-9-10-13)22(2,3)14-7-5-4-6-8-14/h4-8,11,13,15-18H,9-10,12H2,1-3H3/t15-,16+,17+,18+/m1/s1. The van der Waals surface area contributed by atoms with Crippen LogP contribution >= 0.6 is 0 Å². The van der Waals surface area contributed by atoms with Crippen molar-refractivity contribution in [3.8, 4) is 0 Å². The van der Waals surface area contributed by atoms with E-state index in [-0.39, 0.29) is 23.7 Å². The molecule has 4 atom stereocenters. The number of rotatable bonds is 6. The summed E-state index contributed by atoms with van der Waals surface area (Å²) in [4.78, 5) is 11.9. The SMILES string of the molecule is COC[C@@H]1O[C@@H](C2CC2)[C@@H](C=O)[C@@H]1[Si](C)(C)c1ccccc1. The Morgan fingerprint density at radius 2 is 1.95 bits per heavy atom. The van der Waals surface area contributed by atoms with Gasteiger partial charge in [-0.1, -0.05) is 48.6 Å². The number of methoxy groups -OCH3 is 1. The zero-order valence-corrected chi connectivity index (χ0v) is 14.7. The normalized spacial score (nSPS) is 32.1. The van der Waals surface area contributed by atoms with Gasteiger partial charge in [-0.2, -0.15) is 0 Å². The minimum Gasteiger partial charge on any atom is -0.382 e. The quantitative estimate of drug-likeness (QED) is 0.597. The molecule has 1 aliphatic heterocycles. The summed E-state index contributed by atoms with van der Waals surface area (Å²) < 4.78 is 11.7. The van der Waals surface area contributed by atoms with E-state index in [1.165, 1.54) is 24.3 Å². The number of hydrogen-bond donors (Lipinski definition) is 0. The van der Waals surface area contributed by atoms with Gasteiger partial charge in [0.15, 0.2) is 0 Å². The highest BCUT2D eigenvalue weighted by Gasteiger charge is 2.55. The Hall–Kier alpha value is -0.973. The van der Waals surface area contributed by atoms with Crippen LogP contribution in [0.1, 0.15) is 12.8 Å². The molecule has 0 radical (unpaired) electrons. The molecule has 1 heterocycles. The Bertz CT molecular complexity index is 512. The van der Waals surface area contributed by atoms with Crippen molar-refractivity contribution in [3.63, 3.8) is 0 Å². The van der Waals surface area contributed by atoms with Gasteiger partial charge in [0.1, 0.15) is 6.29 Å². The molecule has 2 fully saturated rings. The molecule has 3 nitrogen and oxygen atoms in total. The summed E-state index contributed by atoms with van der Waals surface area (Å²) in [5.41, 5.74) is 0.290. The van der Waals surface area contributed by atoms with Gasteiger partial charge in [0.2, 0.25) is 0 Å². The summed E-state index contributed by atoms with van der Waals surface area (Å²) in [5.74, 6) is 0.606. The summed E-state index contributed by atoms with van der Waals surface area (Å²) in [6, 6.07) is 10.7.